The van der Waals surface area contributed by atoms with Gasteiger partial charge in [0.1, 0.15) is 0 Å². The Kier molecular flexibility index (Phi) is 7.56. The largest absolute Gasteiger partial charge is 0.461 e. The van der Waals surface area contributed by atoms with Crippen LogP contribution in [0.2, 0.25) is 0 Å². The molecule has 0 radical (unpaired) electrons. The lowest BCUT2D eigenvalue weighted by Crippen LogP contribution is -2.52. The number of thiazole rings is 1. The summed E-state index contributed by atoms with van der Waals surface area (Å²) < 4.78 is 4.90. The second-order valence-electron chi connectivity index (χ2n) is 5.24. The standard InChI is InChI=1S/C17H21N5O4S/c1-3-10-18-15(24)21-22(16(25)19-12-8-6-5-7-9-12)17-20-13(11-27-17)14(23)26-4-2/h5-9,11H,3-4,10H2,1-2H3,(H,19,25)(H2,18,21,24). The number of benzene rings is 1. The third-order valence-electron chi connectivity index (χ3n) is 3.14. The highest BCUT2D eigenvalue weighted by Gasteiger charge is 2.23. The number of nitrogens with one attached hydrogen (secondary N) is 3. The molecule has 4 amide bonds. The number of hydrazine groups is 1. The fourth-order valence-corrected chi connectivity index (χ4v) is 2.68. The number of carbonyl (C=O) groups is 3. The number of amides is 4. The molecule has 3 N–H and O–H groups in total. The Labute approximate surface area is 160 Å². The van der Waals surface area contributed by atoms with Gasteiger partial charge in [-0.1, -0.05) is 25.1 Å². The molecular formula is C17H21N5O4S. The van der Waals surface area contributed by atoms with Gasteiger partial charge in [0.2, 0.25) is 5.13 Å². The zero-order chi connectivity index (χ0) is 19.6. The minimum absolute atomic E-state index is 0.0603. The SMILES string of the molecule is CCCNC(=O)NN(C(=O)Nc1ccccc1)c1nc(C(=O)OCC)cs1. The number of nitrogens with zero attached hydrogens (tertiary/aromatic N) is 2. The Balaban J connectivity index is 2.19. The van der Waals surface area contributed by atoms with Crippen molar-refractivity contribution >= 4 is 40.2 Å². The van der Waals surface area contributed by atoms with Crippen molar-refractivity contribution < 1.29 is 19.1 Å². The smallest absolute Gasteiger partial charge is 0.357 e. The molecule has 144 valence electrons. The number of urea groups is 2. The van der Waals surface area contributed by atoms with E-state index >= 15 is 0 Å². The van der Waals surface area contributed by atoms with Crippen LogP contribution >= 0.6 is 11.3 Å². The molecule has 0 atom stereocenters. The number of para-hydroxylation sites is 1. The van der Waals surface area contributed by atoms with Gasteiger partial charge in [-0.05, 0) is 25.5 Å². The molecule has 0 spiro atoms. The lowest BCUT2D eigenvalue weighted by atomic mass is 10.3. The van der Waals surface area contributed by atoms with Crippen molar-refractivity contribution in [3.63, 3.8) is 0 Å². The molecule has 0 fully saturated rings. The number of carbonyl (C=O) groups excluding carboxylic acids is 3. The molecule has 0 unspecified atom stereocenters. The van der Waals surface area contributed by atoms with Crippen molar-refractivity contribution in [2.24, 2.45) is 0 Å². The van der Waals surface area contributed by atoms with Crippen molar-refractivity contribution in [1.82, 2.24) is 15.7 Å². The molecule has 1 aromatic heterocycles. The van der Waals surface area contributed by atoms with E-state index in [1.807, 2.05) is 13.0 Å². The molecule has 0 saturated carbocycles. The summed E-state index contributed by atoms with van der Waals surface area (Å²) in [7, 11) is 0. The number of hydrogen-bond donors (Lipinski definition) is 3. The molecule has 0 aliphatic heterocycles. The van der Waals surface area contributed by atoms with Crippen LogP contribution in [0.4, 0.5) is 20.4 Å². The zero-order valence-corrected chi connectivity index (χ0v) is 15.8. The molecule has 0 aliphatic carbocycles. The second-order valence-corrected chi connectivity index (χ2v) is 6.07. The third-order valence-corrected chi connectivity index (χ3v) is 3.97. The summed E-state index contributed by atoms with van der Waals surface area (Å²) in [6.07, 6.45) is 0.744. The molecule has 2 aromatic rings. The Bertz CT molecular complexity index is 781. The van der Waals surface area contributed by atoms with Crippen molar-refractivity contribution in [3.05, 3.63) is 41.4 Å². The van der Waals surface area contributed by atoms with E-state index in [1.165, 1.54) is 5.38 Å². The fraction of sp³-hybridized carbons (Fsp3) is 0.294. The number of aromatic nitrogens is 1. The molecule has 0 aliphatic rings. The predicted octanol–water partition coefficient (Wildman–Crippen LogP) is 2.98. The molecule has 0 bridgehead atoms. The number of hydrogen-bond acceptors (Lipinski definition) is 6. The predicted molar refractivity (Wildman–Crippen MR) is 103 cm³/mol. The van der Waals surface area contributed by atoms with Crippen molar-refractivity contribution in [1.29, 1.82) is 0 Å². The normalized spacial score (nSPS) is 10.0. The van der Waals surface area contributed by atoms with Gasteiger partial charge in [-0.15, -0.1) is 11.3 Å². The summed E-state index contributed by atoms with van der Waals surface area (Å²) in [6.45, 7) is 4.25. The number of ether oxygens (including phenoxy) is 1. The fourth-order valence-electron chi connectivity index (χ4n) is 1.93. The molecule has 2 rings (SSSR count). The van der Waals surface area contributed by atoms with Crippen LogP contribution in [0.25, 0.3) is 0 Å². The van der Waals surface area contributed by atoms with Gasteiger partial charge in [0.05, 0.1) is 6.61 Å². The maximum absolute atomic E-state index is 12.7. The monoisotopic (exact) mass is 391 g/mol. The van der Waals surface area contributed by atoms with Gasteiger partial charge < -0.3 is 15.4 Å². The topological polar surface area (TPSA) is 113 Å². The summed E-state index contributed by atoms with van der Waals surface area (Å²) in [4.78, 5) is 40.6. The van der Waals surface area contributed by atoms with Gasteiger partial charge in [-0.2, -0.15) is 5.01 Å². The Morgan fingerprint density at radius 3 is 2.59 bits per heavy atom. The summed E-state index contributed by atoms with van der Waals surface area (Å²) >= 11 is 1.03. The van der Waals surface area contributed by atoms with Crippen LogP contribution in [0.3, 0.4) is 0 Å². The first-order valence-corrected chi connectivity index (χ1v) is 9.26. The molecule has 10 heteroatoms. The van der Waals surface area contributed by atoms with E-state index in [4.69, 9.17) is 4.74 Å². The zero-order valence-electron chi connectivity index (χ0n) is 15.0. The maximum Gasteiger partial charge on any atom is 0.357 e. The summed E-state index contributed by atoms with van der Waals surface area (Å²) in [5.74, 6) is -0.598. The minimum Gasteiger partial charge on any atom is -0.461 e. The average molecular weight is 391 g/mol. The lowest BCUT2D eigenvalue weighted by molar-refractivity contribution is 0.0520. The number of anilines is 2. The first-order chi connectivity index (χ1) is 13.0. The van der Waals surface area contributed by atoms with Crippen LogP contribution in [-0.2, 0) is 4.74 Å². The molecule has 0 saturated heterocycles. The number of esters is 1. The third kappa shape index (κ3) is 5.96. The lowest BCUT2D eigenvalue weighted by Gasteiger charge is -2.21. The van der Waals surface area contributed by atoms with Crippen LogP contribution in [0.5, 0.6) is 0 Å². The number of rotatable bonds is 6. The van der Waals surface area contributed by atoms with E-state index in [2.05, 4.69) is 21.0 Å². The van der Waals surface area contributed by atoms with E-state index in [1.54, 1.807) is 31.2 Å². The Morgan fingerprint density at radius 1 is 1.19 bits per heavy atom. The summed E-state index contributed by atoms with van der Waals surface area (Å²) in [6, 6.07) is 7.58. The first-order valence-electron chi connectivity index (χ1n) is 8.38. The Hall–Kier alpha value is -3.14. The van der Waals surface area contributed by atoms with Crippen LogP contribution in [0.1, 0.15) is 30.8 Å². The Morgan fingerprint density at radius 2 is 1.93 bits per heavy atom. The quantitative estimate of drug-likeness (QED) is 0.518. The van der Waals surface area contributed by atoms with Gasteiger partial charge in [0.15, 0.2) is 5.69 Å². The van der Waals surface area contributed by atoms with Crippen LogP contribution in [0.15, 0.2) is 35.7 Å². The minimum atomic E-state index is -0.627. The van der Waals surface area contributed by atoms with Crippen molar-refractivity contribution in [2.45, 2.75) is 20.3 Å². The molecular weight excluding hydrogens is 370 g/mol. The van der Waals surface area contributed by atoms with Crippen molar-refractivity contribution in [2.75, 3.05) is 23.5 Å². The highest BCUT2D eigenvalue weighted by molar-refractivity contribution is 7.14. The van der Waals surface area contributed by atoms with Gasteiger partial charge >= 0.3 is 18.0 Å². The van der Waals surface area contributed by atoms with Crippen LogP contribution < -0.4 is 21.1 Å². The second kappa shape index (κ2) is 10.1. The van der Waals surface area contributed by atoms with Crippen LogP contribution in [-0.4, -0.2) is 36.2 Å². The highest BCUT2D eigenvalue weighted by atomic mass is 32.1. The molecule has 9 nitrogen and oxygen atoms in total. The molecule has 1 aromatic carbocycles. The van der Waals surface area contributed by atoms with E-state index in [0.29, 0.717) is 12.2 Å². The highest BCUT2D eigenvalue weighted by Crippen LogP contribution is 2.21. The van der Waals surface area contributed by atoms with Gasteiger partial charge in [0.25, 0.3) is 0 Å². The van der Waals surface area contributed by atoms with Gasteiger partial charge in [-0.3, -0.25) is 0 Å². The van der Waals surface area contributed by atoms with Gasteiger partial charge in [0, 0.05) is 17.6 Å². The summed E-state index contributed by atoms with van der Waals surface area (Å²) in [5, 5.41) is 7.81. The maximum atomic E-state index is 12.7. The van der Waals surface area contributed by atoms with E-state index in [-0.39, 0.29) is 17.4 Å². The summed E-state index contributed by atoms with van der Waals surface area (Å²) in [5.41, 5.74) is 3.05. The van der Waals surface area contributed by atoms with E-state index < -0.39 is 18.0 Å². The van der Waals surface area contributed by atoms with Crippen molar-refractivity contribution in [3.8, 4) is 0 Å². The van der Waals surface area contributed by atoms with E-state index in [9.17, 15) is 14.4 Å². The van der Waals surface area contributed by atoms with E-state index in [0.717, 1.165) is 22.8 Å². The van der Waals surface area contributed by atoms with Crippen LogP contribution in [0, 0.1) is 0 Å². The molecule has 27 heavy (non-hydrogen) atoms. The van der Waals surface area contributed by atoms with Gasteiger partial charge in [-0.25, -0.2) is 24.8 Å². The average Bonchev–Trinajstić information content (AvgIpc) is 3.15. The first kappa shape index (κ1) is 20.2. The molecule has 1 heterocycles.